The predicted octanol–water partition coefficient (Wildman–Crippen LogP) is 2.44. The summed E-state index contributed by atoms with van der Waals surface area (Å²) in [6, 6.07) is 8.05. The van der Waals surface area contributed by atoms with Crippen molar-refractivity contribution in [2.45, 2.75) is 25.9 Å². The van der Waals surface area contributed by atoms with Gasteiger partial charge < -0.3 is 15.7 Å². The third-order valence-corrected chi connectivity index (χ3v) is 4.28. The molecule has 0 bridgehead atoms. The number of anilines is 2. The van der Waals surface area contributed by atoms with Gasteiger partial charge in [0.05, 0.1) is 0 Å². The van der Waals surface area contributed by atoms with Crippen LogP contribution in [0.4, 0.5) is 11.5 Å². The van der Waals surface area contributed by atoms with Gasteiger partial charge >= 0.3 is 0 Å². The van der Waals surface area contributed by atoms with Gasteiger partial charge in [-0.15, -0.1) is 0 Å². The van der Waals surface area contributed by atoms with Gasteiger partial charge in [0.1, 0.15) is 11.9 Å². The van der Waals surface area contributed by atoms with Crippen LogP contribution in [-0.2, 0) is 6.42 Å². The summed E-state index contributed by atoms with van der Waals surface area (Å²) in [5.41, 5.74) is 11.0. The van der Waals surface area contributed by atoms with E-state index in [-0.39, 0.29) is 0 Å². The molecule has 1 aromatic heterocycles. The number of rotatable bonds is 2. The number of pyridine rings is 1. The van der Waals surface area contributed by atoms with Crippen LogP contribution < -0.4 is 10.6 Å². The van der Waals surface area contributed by atoms with Gasteiger partial charge in [0, 0.05) is 31.0 Å². The number of hydrogen-bond donors (Lipinski definition) is 2. The summed E-state index contributed by atoms with van der Waals surface area (Å²) >= 11 is 0. The van der Waals surface area contributed by atoms with Gasteiger partial charge in [0.15, 0.2) is 0 Å². The van der Waals surface area contributed by atoms with Crippen molar-refractivity contribution < 1.29 is 5.11 Å². The first-order chi connectivity index (χ1) is 10.1. The van der Waals surface area contributed by atoms with E-state index in [1.807, 2.05) is 19.1 Å². The molecule has 1 aromatic carbocycles. The molecule has 4 heteroatoms. The second kappa shape index (κ2) is 5.37. The summed E-state index contributed by atoms with van der Waals surface area (Å²) in [5, 5.41) is 10.7. The molecule has 0 amide bonds. The molecular weight excluding hydrogens is 262 g/mol. The number of aryl methyl sites for hydroxylation is 2. The first-order valence-electron chi connectivity index (χ1n) is 7.31. The summed E-state index contributed by atoms with van der Waals surface area (Å²) < 4.78 is 0. The number of nitrogens with zero attached hydrogens (tertiary/aromatic N) is 2. The monoisotopic (exact) mass is 283 g/mol. The highest BCUT2D eigenvalue weighted by atomic mass is 16.3. The maximum Gasteiger partial charge on any atom is 0.129 e. The van der Waals surface area contributed by atoms with Crippen molar-refractivity contribution in [2.75, 3.05) is 24.2 Å². The minimum Gasteiger partial charge on any atom is -0.384 e. The molecule has 0 radical (unpaired) electrons. The minimum atomic E-state index is -0.726. The second-order valence-corrected chi connectivity index (χ2v) is 5.74. The number of aliphatic hydroxyl groups excluding tert-OH is 1. The summed E-state index contributed by atoms with van der Waals surface area (Å²) in [7, 11) is 2.11. The van der Waals surface area contributed by atoms with E-state index in [4.69, 9.17) is 5.73 Å². The molecule has 3 rings (SSSR count). The molecular formula is C17H21N3O. The third kappa shape index (κ3) is 2.47. The number of hydrogen-bond acceptors (Lipinski definition) is 4. The number of aliphatic hydroxyl groups is 1. The zero-order valence-electron chi connectivity index (χ0n) is 12.5. The Labute approximate surface area is 125 Å². The van der Waals surface area contributed by atoms with Gasteiger partial charge in [-0.3, -0.25) is 0 Å². The molecule has 1 aliphatic rings. The lowest BCUT2D eigenvalue weighted by Gasteiger charge is -2.28. The van der Waals surface area contributed by atoms with E-state index >= 15 is 0 Å². The molecule has 0 spiro atoms. The van der Waals surface area contributed by atoms with Crippen LogP contribution in [0, 0.1) is 6.92 Å². The first kappa shape index (κ1) is 13.9. The van der Waals surface area contributed by atoms with Crippen LogP contribution in [0.25, 0.3) is 0 Å². The summed E-state index contributed by atoms with van der Waals surface area (Å²) in [5.74, 6) is 0.400. The van der Waals surface area contributed by atoms with Crippen LogP contribution in [0.2, 0.25) is 0 Å². The van der Waals surface area contributed by atoms with Crippen molar-refractivity contribution in [3.63, 3.8) is 0 Å². The molecule has 0 fully saturated rings. The van der Waals surface area contributed by atoms with Crippen molar-refractivity contribution >= 4 is 11.5 Å². The van der Waals surface area contributed by atoms with Gasteiger partial charge in [-0.2, -0.15) is 0 Å². The average molecular weight is 283 g/mol. The van der Waals surface area contributed by atoms with Crippen LogP contribution in [0.1, 0.15) is 34.8 Å². The largest absolute Gasteiger partial charge is 0.384 e. The van der Waals surface area contributed by atoms with E-state index in [1.54, 1.807) is 6.20 Å². The Bertz CT molecular complexity index is 649. The Morgan fingerprint density at radius 2 is 2.14 bits per heavy atom. The topological polar surface area (TPSA) is 62.4 Å². The molecule has 21 heavy (non-hydrogen) atoms. The lowest BCUT2D eigenvalue weighted by atomic mass is 9.93. The number of benzene rings is 1. The fraction of sp³-hybridized carbons (Fsp3) is 0.353. The van der Waals surface area contributed by atoms with Crippen LogP contribution in [0.5, 0.6) is 0 Å². The molecule has 0 saturated heterocycles. The van der Waals surface area contributed by atoms with Crippen molar-refractivity contribution in [3.8, 4) is 0 Å². The van der Waals surface area contributed by atoms with Crippen molar-refractivity contribution in [2.24, 2.45) is 0 Å². The molecule has 4 nitrogen and oxygen atoms in total. The van der Waals surface area contributed by atoms with Crippen LogP contribution in [-0.4, -0.2) is 23.7 Å². The maximum absolute atomic E-state index is 10.7. The fourth-order valence-corrected chi connectivity index (χ4v) is 3.09. The number of aromatic nitrogens is 1. The molecule has 110 valence electrons. The standard InChI is InChI=1S/C17H21N3O/c1-11-7-8-19-17(18)15(11)16(21)13-5-6-14-12(10-13)4-3-9-20(14)2/h5-8,10,16,21H,3-4,9H2,1-2H3,(H2,18,19). The minimum absolute atomic E-state index is 0.400. The highest BCUT2D eigenvalue weighted by Crippen LogP contribution is 2.33. The van der Waals surface area contributed by atoms with Crippen LogP contribution in [0.3, 0.4) is 0 Å². The smallest absolute Gasteiger partial charge is 0.129 e. The first-order valence-corrected chi connectivity index (χ1v) is 7.31. The highest BCUT2D eigenvalue weighted by molar-refractivity contribution is 5.58. The molecule has 2 heterocycles. The average Bonchev–Trinajstić information content (AvgIpc) is 2.47. The molecule has 3 N–H and O–H groups in total. The summed E-state index contributed by atoms with van der Waals surface area (Å²) in [6.45, 7) is 3.03. The number of nitrogen functional groups attached to an aromatic ring is 1. The summed E-state index contributed by atoms with van der Waals surface area (Å²) in [6.07, 6.45) is 3.15. The maximum atomic E-state index is 10.7. The number of nitrogens with two attached hydrogens (primary N) is 1. The second-order valence-electron chi connectivity index (χ2n) is 5.74. The fourth-order valence-electron chi connectivity index (χ4n) is 3.09. The van der Waals surface area contributed by atoms with E-state index in [9.17, 15) is 5.11 Å². The molecule has 1 aliphatic heterocycles. The van der Waals surface area contributed by atoms with Crippen LogP contribution >= 0.6 is 0 Å². The van der Waals surface area contributed by atoms with Gasteiger partial charge in [-0.25, -0.2) is 4.98 Å². The van der Waals surface area contributed by atoms with E-state index in [0.717, 1.165) is 30.5 Å². The summed E-state index contributed by atoms with van der Waals surface area (Å²) in [4.78, 5) is 6.36. The van der Waals surface area contributed by atoms with Crippen LogP contribution in [0.15, 0.2) is 30.5 Å². The predicted molar refractivity (Wildman–Crippen MR) is 85.5 cm³/mol. The van der Waals surface area contributed by atoms with Gasteiger partial charge in [0.25, 0.3) is 0 Å². The molecule has 1 unspecified atom stereocenters. The van der Waals surface area contributed by atoms with Crippen molar-refractivity contribution in [1.82, 2.24) is 4.98 Å². The Morgan fingerprint density at radius 3 is 2.90 bits per heavy atom. The van der Waals surface area contributed by atoms with E-state index < -0.39 is 6.10 Å². The zero-order chi connectivity index (χ0) is 15.0. The van der Waals surface area contributed by atoms with Crippen molar-refractivity contribution in [3.05, 3.63) is 52.7 Å². The van der Waals surface area contributed by atoms with E-state index in [2.05, 4.69) is 29.1 Å². The lowest BCUT2D eigenvalue weighted by Crippen LogP contribution is -2.24. The molecule has 0 aliphatic carbocycles. The molecule has 2 aromatic rings. The number of fused-ring (bicyclic) bond motifs is 1. The quantitative estimate of drug-likeness (QED) is 0.888. The Balaban J connectivity index is 2.01. The van der Waals surface area contributed by atoms with Gasteiger partial charge in [0.2, 0.25) is 0 Å². The molecule has 0 saturated carbocycles. The van der Waals surface area contributed by atoms with E-state index in [1.165, 1.54) is 11.3 Å². The van der Waals surface area contributed by atoms with Gasteiger partial charge in [-0.05, 0) is 48.6 Å². The zero-order valence-corrected chi connectivity index (χ0v) is 12.5. The van der Waals surface area contributed by atoms with Crippen molar-refractivity contribution in [1.29, 1.82) is 0 Å². The highest BCUT2D eigenvalue weighted by Gasteiger charge is 2.20. The third-order valence-electron chi connectivity index (χ3n) is 4.28. The lowest BCUT2D eigenvalue weighted by molar-refractivity contribution is 0.220. The normalized spacial score (nSPS) is 15.7. The Hall–Kier alpha value is -2.07. The molecule has 1 atom stereocenters. The van der Waals surface area contributed by atoms with E-state index in [0.29, 0.717) is 11.4 Å². The Kier molecular flexibility index (Phi) is 3.55. The van der Waals surface area contributed by atoms with Gasteiger partial charge in [-0.1, -0.05) is 12.1 Å². The Morgan fingerprint density at radius 1 is 1.33 bits per heavy atom. The SMILES string of the molecule is Cc1ccnc(N)c1C(O)c1ccc2c(c1)CCCN2C.